The first kappa shape index (κ1) is 15.7. The molecule has 2 unspecified atom stereocenters. The molecule has 0 saturated carbocycles. The highest BCUT2D eigenvalue weighted by atomic mass is 16.5. The van der Waals surface area contributed by atoms with Gasteiger partial charge in [0.15, 0.2) is 0 Å². The van der Waals surface area contributed by atoms with Gasteiger partial charge in [-0.25, -0.2) is 0 Å². The minimum Gasteiger partial charge on any atom is -0.384 e. The number of hydrogen-bond donors (Lipinski definition) is 2. The van der Waals surface area contributed by atoms with Gasteiger partial charge >= 0.3 is 0 Å². The van der Waals surface area contributed by atoms with Gasteiger partial charge in [0.2, 0.25) is 5.91 Å². The Hall–Kier alpha value is -1.39. The minimum absolute atomic E-state index is 0.00125. The summed E-state index contributed by atoms with van der Waals surface area (Å²) in [6.45, 7) is 4.88. The molecule has 0 aliphatic heterocycles. The van der Waals surface area contributed by atoms with E-state index in [-0.39, 0.29) is 11.8 Å². The van der Waals surface area contributed by atoms with Crippen molar-refractivity contribution in [1.82, 2.24) is 5.32 Å². The molecule has 106 valence electrons. The second-order valence-electron chi connectivity index (χ2n) is 5.22. The van der Waals surface area contributed by atoms with Gasteiger partial charge in [-0.3, -0.25) is 4.79 Å². The maximum absolute atomic E-state index is 12.1. The Bertz CT molecular complexity index is 394. The first-order valence-corrected chi connectivity index (χ1v) is 6.57. The average molecular weight is 264 g/mol. The van der Waals surface area contributed by atoms with E-state index in [4.69, 9.17) is 10.5 Å². The van der Waals surface area contributed by atoms with E-state index in [0.29, 0.717) is 19.6 Å². The quantitative estimate of drug-likeness (QED) is 0.787. The van der Waals surface area contributed by atoms with E-state index in [9.17, 15) is 4.79 Å². The lowest BCUT2D eigenvalue weighted by Crippen LogP contribution is -2.49. The summed E-state index contributed by atoms with van der Waals surface area (Å²) in [6, 6.07) is 9.80. The fraction of sp³-hybridized carbons (Fsp3) is 0.533. The summed E-state index contributed by atoms with van der Waals surface area (Å²) in [5, 5.41) is 3.03. The molecule has 1 rings (SSSR count). The third kappa shape index (κ3) is 4.65. The van der Waals surface area contributed by atoms with Crippen LogP contribution in [0, 0.1) is 5.92 Å². The standard InChI is InChI=1S/C15H24N2O2/c1-12(10-19-3)9-14(18)17-15(2,11-16)13-7-5-4-6-8-13/h4-8,12H,9-11,16H2,1-3H3,(H,17,18). The third-order valence-electron chi connectivity index (χ3n) is 3.22. The van der Waals surface area contributed by atoms with Crippen molar-refractivity contribution < 1.29 is 9.53 Å². The molecule has 3 N–H and O–H groups in total. The van der Waals surface area contributed by atoms with Crippen molar-refractivity contribution in [2.75, 3.05) is 20.3 Å². The number of nitrogens with one attached hydrogen (secondary N) is 1. The van der Waals surface area contributed by atoms with Crippen LogP contribution >= 0.6 is 0 Å². The zero-order valence-electron chi connectivity index (χ0n) is 12.0. The van der Waals surface area contributed by atoms with Gasteiger partial charge in [0.1, 0.15) is 0 Å². The van der Waals surface area contributed by atoms with Crippen LogP contribution < -0.4 is 11.1 Å². The molecule has 0 fully saturated rings. The number of hydrogen-bond acceptors (Lipinski definition) is 3. The number of methoxy groups -OCH3 is 1. The monoisotopic (exact) mass is 264 g/mol. The van der Waals surface area contributed by atoms with Crippen molar-refractivity contribution in [1.29, 1.82) is 0 Å². The van der Waals surface area contributed by atoms with Crippen LogP contribution in [-0.2, 0) is 15.1 Å². The fourth-order valence-electron chi connectivity index (χ4n) is 2.07. The Morgan fingerprint density at radius 2 is 2.05 bits per heavy atom. The predicted octanol–water partition coefficient (Wildman–Crippen LogP) is 1.65. The van der Waals surface area contributed by atoms with Gasteiger partial charge < -0.3 is 15.8 Å². The molecule has 0 heterocycles. The predicted molar refractivity (Wildman–Crippen MR) is 76.6 cm³/mol. The number of carbonyl (C=O) groups excluding carboxylic acids is 1. The minimum atomic E-state index is -0.523. The Morgan fingerprint density at radius 1 is 1.42 bits per heavy atom. The Kier molecular flexibility index (Phi) is 5.99. The summed E-state index contributed by atoms with van der Waals surface area (Å²) in [5.74, 6) is 0.198. The molecule has 0 aliphatic carbocycles. The molecule has 0 aromatic heterocycles. The Labute approximate surface area is 115 Å². The molecule has 1 amide bonds. The van der Waals surface area contributed by atoms with Gasteiger partial charge in [-0.05, 0) is 18.4 Å². The molecule has 0 spiro atoms. The topological polar surface area (TPSA) is 64.3 Å². The maximum Gasteiger partial charge on any atom is 0.221 e. The summed E-state index contributed by atoms with van der Waals surface area (Å²) in [6.07, 6.45) is 0.441. The highest BCUT2D eigenvalue weighted by Crippen LogP contribution is 2.19. The van der Waals surface area contributed by atoms with Crippen LogP contribution in [0.1, 0.15) is 25.8 Å². The third-order valence-corrected chi connectivity index (χ3v) is 3.22. The number of benzene rings is 1. The van der Waals surface area contributed by atoms with Crippen LogP contribution in [0.4, 0.5) is 0 Å². The molecule has 0 aliphatic rings. The van der Waals surface area contributed by atoms with E-state index < -0.39 is 5.54 Å². The SMILES string of the molecule is COCC(C)CC(=O)NC(C)(CN)c1ccccc1. The smallest absolute Gasteiger partial charge is 0.221 e. The van der Waals surface area contributed by atoms with Crippen molar-refractivity contribution in [3.63, 3.8) is 0 Å². The zero-order chi connectivity index (χ0) is 14.3. The molecule has 4 heteroatoms. The van der Waals surface area contributed by atoms with Gasteiger partial charge in [-0.2, -0.15) is 0 Å². The largest absolute Gasteiger partial charge is 0.384 e. The number of ether oxygens (including phenoxy) is 1. The van der Waals surface area contributed by atoms with Crippen molar-refractivity contribution in [3.8, 4) is 0 Å². The van der Waals surface area contributed by atoms with E-state index in [0.717, 1.165) is 5.56 Å². The Balaban J connectivity index is 2.68. The fourth-order valence-corrected chi connectivity index (χ4v) is 2.07. The number of amides is 1. The van der Waals surface area contributed by atoms with E-state index >= 15 is 0 Å². The molecule has 0 saturated heterocycles. The summed E-state index contributed by atoms with van der Waals surface area (Å²) >= 11 is 0. The molecule has 0 bridgehead atoms. The van der Waals surface area contributed by atoms with Crippen molar-refractivity contribution in [2.45, 2.75) is 25.8 Å². The number of nitrogens with two attached hydrogens (primary N) is 1. The van der Waals surface area contributed by atoms with E-state index in [1.54, 1.807) is 7.11 Å². The van der Waals surface area contributed by atoms with Crippen LogP contribution in [0.3, 0.4) is 0 Å². The van der Waals surface area contributed by atoms with Crippen molar-refractivity contribution in [2.24, 2.45) is 11.7 Å². The van der Waals surface area contributed by atoms with Crippen molar-refractivity contribution in [3.05, 3.63) is 35.9 Å². The maximum atomic E-state index is 12.1. The van der Waals surface area contributed by atoms with Crippen LogP contribution in [-0.4, -0.2) is 26.2 Å². The highest BCUT2D eigenvalue weighted by Gasteiger charge is 2.27. The van der Waals surface area contributed by atoms with Crippen LogP contribution in [0.5, 0.6) is 0 Å². The van der Waals surface area contributed by atoms with Gasteiger partial charge in [0.05, 0.1) is 5.54 Å². The molecular formula is C15H24N2O2. The average Bonchev–Trinajstić information content (AvgIpc) is 2.39. The summed E-state index contributed by atoms with van der Waals surface area (Å²) in [7, 11) is 1.64. The van der Waals surface area contributed by atoms with Crippen LogP contribution in [0.25, 0.3) is 0 Å². The highest BCUT2D eigenvalue weighted by molar-refractivity contribution is 5.77. The molecule has 2 atom stereocenters. The van der Waals surface area contributed by atoms with E-state index in [1.807, 2.05) is 44.2 Å². The lowest BCUT2D eigenvalue weighted by atomic mass is 9.91. The molecule has 1 aromatic rings. The van der Waals surface area contributed by atoms with Gasteiger partial charge in [0, 0.05) is 26.7 Å². The second-order valence-corrected chi connectivity index (χ2v) is 5.22. The molecule has 19 heavy (non-hydrogen) atoms. The van der Waals surface area contributed by atoms with E-state index in [2.05, 4.69) is 5.32 Å². The summed E-state index contributed by atoms with van der Waals surface area (Å²) in [4.78, 5) is 12.1. The summed E-state index contributed by atoms with van der Waals surface area (Å²) in [5.41, 5.74) is 6.33. The second kappa shape index (κ2) is 7.26. The molecule has 4 nitrogen and oxygen atoms in total. The Morgan fingerprint density at radius 3 is 2.58 bits per heavy atom. The number of rotatable bonds is 7. The number of carbonyl (C=O) groups is 1. The van der Waals surface area contributed by atoms with Gasteiger partial charge in [-0.1, -0.05) is 37.3 Å². The van der Waals surface area contributed by atoms with Gasteiger partial charge in [-0.15, -0.1) is 0 Å². The lowest BCUT2D eigenvalue weighted by molar-refractivity contribution is -0.124. The van der Waals surface area contributed by atoms with Gasteiger partial charge in [0.25, 0.3) is 0 Å². The van der Waals surface area contributed by atoms with Crippen LogP contribution in [0.15, 0.2) is 30.3 Å². The van der Waals surface area contributed by atoms with Crippen LogP contribution in [0.2, 0.25) is 0 Å². The first-order valence-electron chi connectivity index (χ1n) is 6.57. The zero-order valence-corrected chi connectivity index (χ0v) is 12.0. The molecular weight excluding hydrogens is 240 g/mol. The van der Waals surface area contributed by atoms with E-state index in [1.165, 1.54) is 0 Å². The summed E-state index contributed by atoms with van der Waals surface area (Å²) < 4.78 is 5.04. The molecule has 1 aromatic carbocycles. The normalized spacial score (nSPS) is 15.6. The first-order chi connectivity index (χ1) is 9.01. The van der Waals surface area contributed by atoms with Crippen molar-refractivity contribution >= 4 is 5.91 Å². The molecule has 0 radical (unpaired) electrons. The lowest BCUT2D eigenvalue weighted by Gasteiger charge is -2.30.